The molecular formula is C69H134O17P2. The Kier molecular flexibility index (Phi) is 62.4. The topological polar surface area (TPSA) is 237 Å². The largest absolute Gasteiger partial charge is 0.472 e. The number of rotatable bonds is 70. The first kappa shape index (κ1) is 86.1. The van der Waals surface area contributed by atoms with Crippen molar-refractivity contribution in [2.24, 2.45) is 0 Å². The van der Waals surface area contributed by atoms with Crippen LogP contribution in [0.5, 0.6) is 0 Å². The van der Waals surface area contributed by atoms with E-state index >= 15 is 0 Å². The molecule has 5 atom stereocenters. The van der Waals surface area contributed by atoms with Crippen LogP contribution in [0.25, 0.3) is 0 Å². The van der Waals surface area contributed by atoms with Crippen LogP contribution >= 0.6 is 15.6 Å². The molecule has 0 fully saturated rings. The Morgan fingerprint density at radius 2 is 0.455 bits per heavy atom. The zero-order chi connectivity index (χ0) is 64.7. The van der Waals surface area contributed by atoms with E-state index in [-0.39, 0.29) is 25.7 Å². The van der Waals surface area contributed by atoms with Crippen molar-refractivity contribution in [1.29, 1.82) is 0 Å². The summed E-state index contributed by atoms with van der Waals surface area (Å²) >= 11 is 0. The van der Waals surface area contributed by atoms with Gasteiger partial charge in [0.15, 0.2) is 12.2 Å². The summed E-state index contributed by atoms with van der Waals surface area (Å²) in [5.41, 5.74) is 0. The van der Waals surface area contributed by atoms with Gasteiger partial charge < -0.3 is 33.8 Å². The minimum Gasteiger partial charge on any atom is -0.462 e. The van der Waals surface area contributed by atoms with Crippen LogP contribution in [0.2, 0.25) is 0 Å². The number of carbonyl (C=O) groups excluding carboxylic acids is 4. The van der Waals surface area contributed by atoms with Crippen molar-refractivity contribution in [3.63, 3.8) is 0 Å². The van der Waals surface area contributed by atoms with Crippen molar-refractivity contribution >= 4 is 39.5 Å². The van der Waals surface area contributed by atoms with Gasteiger partial charge in [-0.15, -0.1) is 0 Å². The second-order valence-corrected chi connectivity index (χ2v) is 27.8. The summed E-state index contributed by atoms with van der Waals surface area (Å²) in [7, 11) is -9.88. The molecule has 17 nitrogen and oxygen atoms in total. The lowest BCUT2D eigenvalue weighted by molar-refractivity contribution is -0.161. The molecule has 19 heteroatoms. The highest BCUT2D eigenvalue weighted by molar-refractivity contribution is 7.47. The highest BCUT2D eigenvalue weighted by Crippen LogP contribution is 2.45. The lowest BCUT2D eigenvalue weighted by atomic mass is 10.0. The van der Waals surface area contributed by atoms with Gasteiger partial charge in [0.1, 0.15) is 19.3 Å². The Balaban J connectivity index is 5.12. The van der Waals surface area contributed by atoms with Gasteiger partial charge >= 0.3 is 39.5 Å². The first-order valence-corrected chi connectivity index (χ1v) is 39.3. The number of phosphoric ester groups is 2. The molecular weight excluding hydrogens is 1160 g/mol. The van der Waals surface area contributed by atoms with E-state index in [9.17, 15) is 43.2 Å². The van der Waals surface area contributed by atoms with E-state index in [4.69, 9.17) is 37.0 Å². The molecule has 2 unspecified atom stereocenters. The average Bonchev–Trinajstić information content (AvgIpc) is 3.50. The third kappa shape index (κ3) is 62.8. The SMILES string of the molecule is CCCCCCCCCCCCCCCCCCCCCC(=O)O[C@H](COC(=O)CCCCCCCCCCCCCCCCC)COP(=O)(O)OC[C@@H](O)COP(=O)(O)OC[C@@H](COC(=O)CCCCCCC)OC(=O)CCCCCCCCCCC. The Morgan fingerprint density at radius 3 is 0.670 bits per heavy atom. The maximum atomic E-state index is 13.0. The summed E-state index contributed by atoms with van der Waals surface area (Å²) in [5, 5.41) is 10.5. The molecule has 0 aromatic heterocycles. The minimum absolute atomic E-state index is 0.105. The summed E-state index contributed by atoms with van der Waals surface area (Å²) in [6.07, 6.45) is 51.8. The fraction of sp³-hybridized carbons (Fsp3) is 0.942. The van der Waals surface area contributed by atoms with Crippen LogP contribution in [0.3, 0.4) is 0 Å². The van der Waals surface area contributed by atoms with Gasteiger partial charge in [0.2, 0.25) is 0 Å². The summed E-state index contributed by atoms with van der Waals surface area (Å²) in [5.74, 6) is -2.14. The molecule has 0 aliphatic heterocycles. The van der Waals surface area contributed by atoms with E-state index in [1.165, 1.54) is 186 Å². The molecule has 0 radical (unpaired) electrons. The molecule has 0 saturated heterocycles. The number of phosphoric acid groups is 2. The molecule has 0 bridgehead atoms. The fourth-order valence-corrected chi connectivity index (χ4v) is 12.1. The first-order chi connectivity index (χ1) is 42.7. The Hall–Kier alpha value is -1.94. The van der Waals surface area contributed by atoms with Gasteiger partial charge in [-0.05, 0) is 25.7 Å². The van der Waals surface area contributed by atoms with E-state index in [0.717, 1.165) is 96.3 Å². The smallest absolute Gasteiger partial charge is 0.462 e. The maximum Gasteiger partial charge on any atom is 0.472 e. The fourth-order valence-electron chi connectivity index (χ4n) is 10.5. The Labute approximate surface area is 537 Å². The van der Waals surface area contributed by atoms with Crippen molar-refractivity contribution in [2.75, 3.05) is 39.6 Å². The van der Waals surface area contributed by atoms with Gasteiger partial charge in [-0.25, -0.2) is 9.13 Å². The molecule has 522 valence electrons. The molecule has 0 aliphatic rings. The monoisotopic (exact) mass is 1300 g/mol. The molecule has 0 aliphatic carbocycles. The van der Waals surface area contributed by atoms with Crippen LogP contribution in [0, 0.1) is 0 Å². The minimum atomic E-state index is -4.95. The van der Waals surface area contributed by atoms with Crippen molar-refractivity contribution in [3.8, 4) is 0 Å². The molecule has 0 aromatic rings. The lowest BCUT2D eigenvalue weighted by Gasteiger charge is -2.21. The normalized spacial score (nSPS) is 14.0. The number of aliphatic hydroxyl groups is 1. The molecule has 3 N–H and O–H groups in total. The Morgan fingerprint density at radius 1 is 0.273 bits per heavy atom. The summed E-state index contributed by atoms with van der Waals surface area (Å²) in [4.78, 5) is 72.1. The zero-order valence-electron chi connectivity index (χ0n) is 56.7. The van der Waals surface area contributed by atoms with E-state index < -0.39 is 97.5 Å². The van der Waals surface area contributed by atoms with Crippen molar-refractivity contribution < 1.29 is 80.2 Å². The highest BCUT2D eigenvalue weighted by atomic mass is 31.2. The molecule has 0 heterocycles. The average molecular weight is 1300 g/mol. The van der Waals surface area contributed by atoms with E-state index in [1.807, 2.05) is 0 Å². The van der Waals surface area contributed by atoms with Crippen molar-refractivity contribution in [3.05, 3.63) is 0 Å². The quantitative estimate of drug-likeness (QED) is 0.0222. The number of carbonyl (C=O) groups is 4. The van der Waals surface area contributed by atoms with Gasteiger partial charge in [0.25, 0.3) is 0 Å². The molecule has 88 heavy (non-hydrogen) atoms. The highest BCUT2D eigenvalue weighted by Gasteiger charge is 2.30. The summed E-state index contributed by atoms with van der Waals surface area (Å²) < 4.78 is 68.0. The van der Waals surface area contributed by atoms with Gasteiger partial charge in [0, 0.05) is 25.7 Å². The molecule has 0 amide bonds. The van der Waals surface area contributed by atoms with Crippen LogP contribution in [-0.4, -0.2) is 96.7 Å². The second-order valence-electron chi connectivity index (χ2n) is 24.9. The Bertz CT molecular complexity index is 1690. The van der Waals surface area contributed by atoms with Crippen LogP contribution in [0.15, 0.2) is 0 Å². The van der Waals surface area contributed by atoms with Crippen LogP contribution < -0.4 is 0 Å². The van der Waals surface area contributed by atoms with Crippen molar-refractivity contribution in [1.82, 2.24) is 0 Å². The number of hydrogen-bond acceptors (Lipinski definition) is 15. The predicted octanol–water partition coefficient (Wildman–Crippen LogP) is 19.9. The van der Waals surface area contributed by atoms with Crippen LogP contribution in [0.1, 0.15) is 362 Å². The van der Waals surface area contributed by atoms with E-state index in [2.05, 4.69) is 27.7 Å². The molecule has 0 aromatic carbocycles. The number of ether oxygens (including phenoxy) is 4. The first-order valence-electron chi connectivity index (χ1n) is 36.3. The van der Waals surface area contributed by atoms with Gasteiger partial charge in [-0.1, -0.05) is 310 Å². The van der Waals surface area contributed by atoms with Gasteiger partial charge in [-0.2, -0.15) is 0 Å². The summed E-state index contributed by atoms with van der Waals surface area (Å²) in [6, 6.07) is 0. The van der Waals surface area contributed by atoms with Gasteiger partial charge in [0.05, 0.1) is 26.4 Å². The predicted molar refractivity (Wildman–Crippen MR) is 354 cm³/mol. The number of unbranched alkanes of at least 4 members (excludes halogenated alkanes) is 44. The summed E-state index contributed by atoms with van der Waals surface area (Å²) in [6.45, 7) is 4.83. The van der Waals surface area contributed by atoms with E-state index in [0.29, 0.717) is 25.7 Å². The molecule has 0 rings (SSSR count). The zero-order valence-corrected chi connectivity index (χ0v) is 58.5. The third-order valence-electron chi connectivity index (χ3n) is 16.1. The van der Waals surface area contributed by atoms with Crippen molar-refractivity contribution in [2.45, 2.75) is 380 Å². The van der Waals surface area contributed by atoms with Gasteiger partial charge in [-0.3, -0.25) is 37.3 Å². The number of esters is 4. The number of hydrogen-bond donors (Lipinski definition) is 3. The van der Waals surface area contributed by atoms with Crippen LogP contribution in [0.4, 0.5) is 0 Å². The molecule has 0 spiro atoms. The van der Waals surface area contributed by atoms with Crippen LogP contribution in [-0.2, 0) is 65.4 Å². The standard InChI is InChI=1S/C69H134O17P2/c1-5-9-13-17-20-23-25-27-29-30-31-32-34-36-38-41-44-48-52-56-69(74)86-65(60-80-67(72)54-50-46-42-40-37-35-33-28-26-24-21-18-14-10-6-2)62-84-88(77,78)82-58-63(70)57-81-87(75,76)83-61-64(59-79-66(71)53-49-45-16-12-8-4)85-68(73)55-51-47-43-39-22-19-15-11-7-3/h63-65,70H,5-62H2,1-4H3,(H,75,76)(H,77,78)/t63-,64+,65+/m0/s1. The maximum absolute atomic E-state index is 13.0. The number of aliphatic hydroxyl groups excluding tert-OH is 1. The molecule has 0 saturated carbocycles. The second kappa shape index (κ2) is 63.8. The third-order valence-corrected chi connectivity index (χ3v) is 18.0. The van der Waals surface area contributed by atoms with E-state index in [1.54, 1.807) is 0 Å². The lowest BCUT2D eigenvalue weighted by Crippen LogP contribution is -2.30.